The summed E-state index contributed by atoms with van der Waals surface area (Å²) >= 11 is 1.49. The number of carbonyl (C=O) groups is 3. The molecule has 0 unspecified atom stereocenters. The number of nitrogens with one attached hydrogen (secondary N) is 1. The van der Waals surface area contributed by atoms with E-state index in [1.165, 1.54) is 21.1 Å². The molecular formula is C21H24N2O4S. The Hall–Kier alpha value is -1.73. The fourth-order valence-corrected chi connectivity index (χ4v) is 7.04. The Bertz CT molecular complexity index is 876. The van der Waals surface area contributed by atoms with Crippen molar-refractivity contribution in [2.75, 3.05) is 4.90 Å². The van der Waals surface area contributed by atoms with Gasteiger partial charge < -0.3 is 10.1 Å². The molecule has 4 heterocycles. The molecule has 5 atom stereocenters. The zero-order valence-electron chi connectivity index (χ0n) is 15.9. The van der Waals surface area contributed by atoms with E-state index in [0.717, 1.165) is 50.5 Å². The van der Waals surface area contributed by atoms with E-state index in [4.69, 9.17) is 4.74 Å². The van der Waals surface area contributed by atoms with E-state index in [-0.39, 0.29) is 47.8 Å². The van der Waals surface area contributed by atoms with Crippen LogP contribution in [0.4, 0.5) is 5.00 Å². The Morgan fingerprint density at radius 3 is 2.39 bits per heavy atom. The van der Waals surface area contributed by atoms with Crippen LogP contribution in [0.2, 0.25) is 0 Å². The minimum absolute atomic E-state index is 0.110. The van der Waals surface area contributed by atoms with E-state index in [9.17, 15) is 14.4 Å². The first-order chi connectivity index (χ1) is 13.5. The zero-order chi connectivity index (χ0) is 19.2. The third-order valence-electron chi connectivity index (χ3n) is 7.12. The van der Waals surface area contributed by atoms with E-state index in [1.807, 2.05) is 0 Å². The van der Waals surface area contributed by atoms with Crippen LogP contribution in [0.3, 0.4) is 0 Å². The van der Waals surface area contributed by atoms with Gasteiger partial charge in [-0.25, -0.2) is 4.90 Å². The summed E-state index contributed by atoms with van der Waals surface area (Å²) in [5.74, 6) is -0.579. The second-order valence-electron chi connectivity index (χ2n) is 9.13. The van der Waals surface area contributed by atoms with Crippen LogP contribution in [0, 0.1) is 17.8 Å². The second kappa shape index (κ2) is 5.89. The molecule has 1 aromatic rings. The van der Waals surface area contributed by atoms with Gasteiger partial charge in [0.1, 0.15) is 5.00 Å². The number of hydrogen-bond acceptors (Lipinski definition) is 5. The topological polar surface area (TPSA) is 75.7 Å². The number of thiophene rings is 1. The maximum atomic E-state index is 13.3. The standard InChI is InChI=1S/C21H24N2O4S/c1-9-2-5-11-14(8-9)28-21(15(11)18(24)22-10-3-4-10)23-19(25)16-12-6-7-13(27-12)17(16)20(23)26/h9-10,12-13,16-17H,2-8H2,1H3,(H,22,24)/t9-,12+,13+,16+,17+/m1/s1. The number of anilines is 1. The SMILES string of the molecule is C[C@@H]1CCc2c(sc(N3C(=O)[C@@H]4[C@@H](C3=O)[C@@H]3CC[C@@H]4O3)c2C(=O)NC2CC2)C1. The Labute approximate surface area is 167 Å². The van der Waals surface area contributed by atoms with Gasteiger partial charge in [0.25, 0.3) is 5.91 Å². The Kier molecular flexibility index (Phi) is 3.61. The lowest BCUT2D eigenvalue weighted by Gasteiger charge is -2.19. The molecule has 3 aliphatic heterocycles. The Morgan fingerprint density at radius 2 is 1.75 bits per heavy atom. The Morgan fingerprint density at radius 1 is 1.07 bits per heavy atom. The van der Waals surface area contributed by atoms with Crippen molar-refractivity contribution >= 4 is 34.1 Å². The van der Waals surface area contributed by atoms with E-state index in [0.29, 0.717) is 16.5 Å². The highest BCUT2D eigenvalue weighted by Crippen LogP contribution is 2.52. The first kappa shape index (κ1) is 17.2. The van der Waals surface area contributed by atoms with Gasteiger partial charge in [0, 0.05) is 10.9 Å². The molecule has 148 valence electrons. The molecule has 1 N–H and O–H groups in total. The molecule has 0 radical (unpaired) electrons. The third kappa shape index (κ3) is 2.32. The molecule has 4 fully saturated rings. The third-order valence-corrected chi connectivity index (χ3v) is 8.36. The van der Waals surface area contributed by atoms with Crippen molar-refractivity contribution in [2.24, 2.45) is 17.8 Å². The van der Waals surface area contributed by atoms with Crippen molar-refractivity contribution in [3.63, 3.8) is 0 Å². The normalized spacial score (nSPS) is 36.0. The van der Waals surface area contributed by atoms with Gasteiger partial charge in [0.2, 0.25) is 11.8 Å². The number of fused-ring (bicyclic) bond motifs is 6. The van der Waals surface area contributed by atoms with Gasteiger partial charge in [-0.2, -0.15) is 0 Å². The Balaban J connectivity index is 1.43. The summed E-state index contributed by atoms with van der Waals surface area (Å²) in [7, 11) is 0. The van der Waals surface area contributed by atoms with E-state index in [2.05, 4.69) is 12.2 Å². The number of amides is 3. The lowest BCUT2D eigenvalue weighted by Crippen LogP contribution is -2.36. The summed E-state index contributed by atoms with van der Waals surface area (Å²) in [6.45, 7) is 2.22. The average molecular weight is 401 g/mol. The number of carbonyl (C=O) groups excluding carboxylic acids is 3. The average Bonchev–Trinajstić information content (AvgIpc) is 3.03. The van der Waals surface area contributed by atoms with E-state index >= 15 is 0 Å². The highest BCUT2D eigenvalue weighted by molar-refractivity contribution is 7.17. The zero-order valence-corrected chi connectivity index (χ0v) is 16.7. The number of rotatable bonds is 3. The lowest BCUT2D eigenvalue weighted by atomic mass is 9.81. The molecule has 2 bridgehead atoms. The van der Waals surface area contributed by atoms with Crippen molar-refractivity contribution in [3.05, 3.63) is 16.0 Å². The van der Waals surface area contributed by atoms with Crippen LogP contribution in [-0.2, 0) is 27.2 Å². The van der Waals surface area contributed by atoms with Crippen LogP contribution in [0.5, 0.6) is 0 Å². The predicted octanol–water partition coefficient (Wildman–Crippen LogP) is 2.43. The predicted molar refractivity (Wildman–Crippen MR) is 103 cm³/mol. The number of imide groups is 1. The summed E-state index contributed by atoms with van der Waals surface area (Å²) in [6.07, 6.45) is 6.27. The summed E-state index contributed by atoms with van der Waals surface area (Å²) in [4.78, 5) is 42.2. The molecule has 6 rings (SSSR count). The molecule has 1 aromatic heterocycles. The molecule has 0 aromatic carbocycles. The molecule has 1 saturated carbocycles. The smallest absolute Gasteiger partial charge is 0.254 e. The fourth-order valence-electron chi connectivity index (χ4n) is 5.53. The van der Waals surface area contributed by atoms with Crippen molar-refractivity contribution in [1.82, 2.24) is 5.32 Å². The van der Waals surface area contributed by atoms with Crippen LogP contribution in [0.25, 0.3) is 0 Å². The van der Waals surface area contributed by atoms with Crippen molar-refractivity contribution in [2.45, 2.75) is 70.1 Å². The van der Waals surface area contributed by atoms with Gasteiger partial charge in [0.15, 0.2) is 0 Å². The van der Waals surface area contributed by atoms with Crippen molar-refractivity contribution in [3.8, 4) is 0 Å². The molecule has 3 saturated heterocycles. The summed E-state index contributed by atoms with van der Waals surface area (Å²) in [5, 5.41) is 3.66. The van der Waals surface area contributed by atoms with E-state index in [1.54, 1.807) is 0 Å². The van der Waals surface area contributed by atoms with Gasteiger partial charge in [0.05, 0.1) is 29.6 Å². The lowest BCUT2D eigenvalue weighted by molar-refractivity contribution is -0.124. The molecule has 3 amide bonds. The van der Waals surface area contributed by atoms with Gasteiger partial charge in [-0.15, -0.1) is 11.3 Å². The summed E-state index contributed by atoms with van der Waals surface area (Å²) in [6, 6.07) is 0.243. The van der Waals surface area contributed by atoms with Crippen molar-refractivity contribution in [1.29, 1.82) is 0 Å². The quantitative estimate of drug-likeness (QED) is 0.791. The maximum Gasteiger partial charge on any atom is 0.254 e. The van der Waals surface area contributed by atoms with E-state index < -0.39 is 0 Å². The van der Waals surface area contributed by atoms with Crippen LogP contribution >= 0.6 is 11.3 Å². The number of nitrogens with zero attached hydrogens (tertiary/aromatic N) is 1. The van der Waals surface area contributed by atoms with Crippen LogP contribution in [0.15, 0.2) is 0 Å². The first-order valence-corrected chi connectivity index (χ1v) is 11.3. The van der Waals surface area contributed by atoms with Crippen LogP contribution in [-0.4, -0.2) is 36.0 Å². The van der Waals surface area contributed by atoms with Crippen LogP contribution < -0.4 is 10.2 Å². The number of ether oxygens (including phenoxy) is 1. The molecule has 6 nitrogen and oxygen atoms in total. The summed E-state index contributed by atoms with van der Waals surface area (Å²) in [5.41, 5.74) is 1.65. The molecular weight excluding hydrogens is 376 g/mol. The minimum atomic E-state index is -0.358. The monoisotopic (exact) mass is 400 g/mol. The van der Waals surface area contributed by atoms with Gasteiger partial charge in [-0.3, -0.25) is 14.4 Å². The molecule has 5 aliphatic rings. The largest absolute Gasteiger partial charge is 0.373 e. The van der Waals surface area contributed by atoms with Gasteiger partial charge >= 0.3 is 0 Å². The maximum absolute atomic E-state index is 13.3. The molecule has 7 heteroatoms. The fraction of sp³-hybridized carbons (Fsp3) is 0.667. The van der Waals surface area contributed by atoms with Crippen molar-refractivity contribution < 1.29 is 19.1 Å². The second-order valence-corrected chi connectivity index (χ2v) is 10.2. The molecule has 0 spiro atoms. The first-order valence-electron chi connectivity index (χ1n) is 10.5. The number of hydrogen-bond donors (Lipinski definition) is 1. The minimum Gasteiger partial charge on any atom is -0.373 e. The van der Waals surface area contributed by atoms with Gasteiger partial charge in [-0.05, 0) is 56.4 Å². The highest BCUT2D eigenvalue weighted by atomic mass is 32.1. The molecule has 2 aliphatic carbocycles. The highest BCUT2D eigenvalue weighted by Gasteiger charge is 2.63. The van der Waals surface area contributed by atoms with Gasteiger partial charge in [-0.1, -0.05) is 6.92 Å². The summed E-state index contributed by atoms with van der Waals surface area (Å²) < 4.78 is 5.85. The van der Waals surface area contributed by atoms with Crippen LogP contribution in [0.1, 0.15) is 59.8 Å². The molecule has 28 heavy (non-hydrogen) atoms.